The van der Waals surface area contributed by atoms with E-state index in [1.807, 2.05) is 19.9 Å². The zero-order valence-corrected chi connectivity index (χ0v) is 16.1. The highest BCUT2D eigenvalue weighted by atomic mass is 16.5. The number of hydrogen-bond acceptors (Lipinski definition) is 4. The van der Waals surface area contributed by atoms with E-state index in [1.54, 1.807) is 7.05 Å². The molecule has 25 heavy (non-hydrogen) atoms. The number of benzene rings is 1. The van der Waals surface area contributed by atoms with E-state index in [-0.39, 0.29) is 17.3 Å². The van der Waals surface area contributed by atoms with Crippen LogP contribution in [0.25, 0.3) is 0 Å². The Labute approximate surface area is 150 Å². The van der Waals surface area contributed by atoms with Gasteiger partial charge in [-0.2, -0.15) is 0 Å². The van der Waals surface area contributed by atoms with Gasteiger partial charge in [-0.05, 0) is 49.8 Å². The van der Waals surface area contributed by atoms with Crippen molar-refractivity contribution in [2.45, 2.75) is 65.0 Å². The van der Waals surface area contributed by atoms with Gasteiger partial charge in [0, 0.05) is 19.0 Å². The molecule has 0 bridgehead atoms. The predicted molar refractivity (Wildman–Crippen MR) is 99.6 cm³/mol. The molecule has 0 saturated heterocycles. The number of likely N-dealkylation sites (N-methyl/N-ethyl adjacent to an activating group) is 1. The summed E-state index contributed by atoms with van der Waals surface area (Å²) in [6, 6.07) is 6.16. The minimum atomic E-state index is -0.965. The van der Waals surface area contributed by atoms with Crippen LogP contribution in [-0.2, 0) is 16.8 Å². The van der Waals surface area contributed by atoms with E-state index < -0.39 is 11.1 Å². The van der Waals surface area contributed by atoms with Gasteiger partial charge in [-0.25, -0.2) is 4.99 Å². The molecule has 2 aliphatic rings. The maximum absolute atomic E-state index is 13.0. The lowest BCUT2D eigenvalue weighted by molar-refractivity contribution is -0.133. The van der Waals surface area contributed by atoms with Gasteiger partial charge in [-0.1, -0.05) is 26.8 Å². The van der Waals surface area contributed by atoms with Gasteiger partial charge >= 0.3 is 0 Å². The number of amides is 1. The maximum atomic E-state index is 13.0. The summed E-state index contributed by atoms with van der Waals surface area (Å²) in [5, 5.41) is 0. The van der Waals surface area contributed by atoms with Crippen molar-refractivity contribution in [2.24, 2.45) is 16.1 Å². The summed E-state index contributed by atoms with van der Waals surface area (Å²) in [5.41, 5.74) is 6.85. The summed E-state index contributed by atoms with van der Waals surface area (Å²) in [6.07, 6.45) is 2.52. The molecule has 2 N–H and O–H groups in total. The SMILES string of the molecule is CN1C(=O)C2(CC(C)(C)Oc3ccc(CCC(C)(C)C)cc32)N=C1N. The van der Waals surface area contributed by atoms with Gasteiger partial charge in [0.15, 0.2) is 11.5 Å². The van der Waals surface area contributed by atoms with Crippen LogP contribution in [0.3, 0.4) is 0 Å². The number of fused-ring (bicyclic) bond motifs is 2. The minimum Gasteiger partial charge on any atom is -0.487 e. The van der Waals surface area contributed by atoms with Crippen molar-refractivity contribution in [3.8, 4) is 5.75 Å². The largest absolute Gasteiger partial charge is 0.487 e. The van der Waals surface area contributed by atoms with Crippen LogP contribution < -0.4 is 10.5 Å². The van der Waals surface area contributed by atoms with Crippen LogP contribution in [0.1, 0.15) is 58.6 Å². The van der Waals surface area contributed by atoms with Crippen LogP contribution in [0, 0.1) is 5.41 Å². The van der Waals surface area contributed by atoms with Crippen LogP contribution in [0.2, 0.25) is 0 Å². The van der Waals surface area contributed by atoms with E-state index in [9.17, 15) is 4.79 Å². The van der Waals surface area contributed by atoms with Gasteiger partial charge in [0.25, 0.3) is 5.91 Å². The Morgan fingerprint density at radius 1 is 1.32 bits per heavy atom. The van der Waals surface area contributed by atoms with E-state index in [0.717, 1.165) is 24.2 Å². The summed E-state index contributed by atoms with van der Waals surface area (Å²) in [7, 11) is 1.68. The van der Waals surface area contributed by atoms with E-state index in [2.05, 4.69) is 37.9 Å². The third-order valence-electron chi connectivity index (χ3n) is 5.03. The lowest BCUT2D eigenvalue weighted by Gasteiger charge is -2.41. The van der Waals surface area contributed by atoms with Crippen LogP contribution >= 0.6 is 0 Å². The molecule has 0 aromatic heterocycles. The smallest absolute Gasteiger partial charge is 0.261 e. The number of nitrogens with two attached hydrogens (primary N) is 1. The normalized spacial score (nSPS) is 25.0. The van der Waals surface area contributed by atoms with Crippen molar-refractivity contribution in [1.29, 1.82) is 0 Å². The number of guanidine groups is 1. The topological polar surface area (TPSA) is 67.9 Å². The van der Waals surface area contributed by atoms with Crippen molar-refractivity contribution in [1.82, 2.24) is 4.90 Å². The third kappa shape index (κ3) is 3.12. The van der Waals surface area contributed by atoms with Crippen molar-refractivity contribution in [3.05, 3.63) is 29.3 Å². The first kappa shape index (κ1) is 17.8. The number of carbonyl (C=O) groups is 1. The molecule has 1 aromatic carbocycles. The lowest BCUT2D eigenvalue weighted by Crippen LogP contribution is -2.49. The molecular formula is C20H29N3O2. The number of aryl methyl sites for hydroxylation is 1. The van der Waals surface area contributed by atoms with Crippen molar-refractivity contribution >= 4 is 11.9 Å². The van der Waals surface area contributed by atoms with Crippen LogP contribution in [0.4, 0.5) is 0 Å². The monoisotopic (exact) mass is 343 g/mol. The average molecular weight is 343 g/mol. The van der Waals surface area contributed by atoms with Gasteiger partial charge in [-0.3, -0.25) is 9.69 Å². The molecule has 1 amide bonds. The first-order chi connectivity index (χ1) is 11.4. The molecule has 5 heteroatoms. The number of ether oxygens (including phenoxy) is 1. The Hall–Kier alpha value is -2.04. The Balaban J connectivity index is 2.07. The Kier molecular flexibility index (Phi) is 3.90. The first-order valence-electron chi connectivity index (χ1n) is 8.89. The van der Waals surface area contributed by atoms with Gasteiger partial charge < -0.3 is 10.5 Å². The second-order valence-corrected chi connectivity index (χ2v) is 9.12. The number of rotatable bonds is 2. The fourth-order valence-corrected chi connectivity index (χ4v) is 3.70. The molecule has 2 aliphatic heterocycles. The Morgan fingerprint density at radius 2 is 2.00 bits per heavy atom. The average Bonchev–Trinajstić information content (AvgIpc) is 2.68. The van der Waals surface area contributed by atoms with Gasteiger partial charge in [0.2, 0.25) is 0 Å². The molecule has 1 spiro atoms. The van der Waals surface area contributed by atoms with E-state index in [1.165, 1.54) is 10.5 Å². The lowest BCUT2D eigenvalue weighted by atomic mass is 9.76. The van der Waals surface area contributed by atoms with Crippen LogP contribution in [0.5, 0.6) is 5.75 Å². The Bertz CT molecular complexity index is 746. The molecule has 1 unspecified atom stereocenters. The van der Waals surface area contributed by atoms with E-state index >= 15 is 0 Å². The molecule has 3 rings (SSSR count). The van der Waals surface area contributed by atoms with Crippen LogP contribution in [0.15, 0.2) is 23.2 Å². The second-order valence-electron chi connectivity index (χ2n) is 9.12. The summed E-state index contributed by atoms with van der Waals surface area (Å²) in [6.45, 7) is 10.7. The number of hydrogen-bond donors (Lipinski definition) is 1. The van der Waals surface area contributed by atoms with E-state index in [0.29, 0.717) is 6.42 Å². The molecule has 0 fully saturated rings. The van der Waals surface area contributed by atoms with Crippen molar-refractivity contribution < 1.29 is 9.53 Å². The van der Waals surface area contributed by atoms with Crippen molar-refractivity contribution in [3.63, 3.8) is 0 Å². The highest BCUT2D eigenvalue weighted by molar-refractivity contribution is 6.07. The molecule has 5 nitrogen and oxygen atoms in total. The van der Waals surface area contributed by atoms with Gasteiger partial charge in [-0.15, -0.1) is 0 Å². The molecule has 2 heterocycles. The number of aliphatic imine (C=N–C) groups is 1. The van der Waals surface area contributed by atoms with Crippen molar-refractivity contribution in [2.75, 3.05) is 7.05 Å². The number of nitrogens with zero attached hydrogens (tertiary/aromatic N) is 2. The molecule has 1 aromatic rings. The Morgan fingerprint density at radius 3 is 2.56 bits per heavy atom. The molecule has 1 atom stereocenters. The quantitative estimate of drug-likeness (QED) is 0.896. The molecule has 0 saturated carbocycles. The maximum Gasteiger partial charge on any atom is 0.261 e. The van der Waals surface area contributed by atoms with E-state index in [4.69, 9.17) is 10.5 Å². The number of carbonyl (C=O) groups excluding carboxylic acids is 1. The molecular weight excluding hydrogens is 314 g/mol. The standard InChI is InChI=1S/C20H29N3O2/c1-18(2,3)10-9-13-7-8-15-14(11-13)20(12-19(4,5)25-15)16(24)23(6)17(21)22-20/h7-8,11H,9-10,12H2,1-6H3,(H2,21,22). The summed E-state index contributed by atoms with van der Waals surface area (Å²) in [5.74, 6) is 0.931. The fourth-order valence-electron chi connectivity index (χ4n) is 3.70. The molecule has 0 aliphatic carbocycles. The molecule has 0 radical (unpaired) electrons. The minimum absolute atomic E-state index is 0.0735. The zero-order valence-electron chi connectivity index (χ0n) is 16.1. The summed E-state index contributed by atoms with van der Waals surface area (Å²) < 4.78 is 6.14. The van der Waals surface area contributed by atoms with Gasteiger partial charge in [0.05, 0.1) is 0 Å². The molecule has 136 valence electrons. The summed E-state index contributed by atoms with van der Waals surface area (Å²) in [4.78, 5) is 19.1. The summed E-state index contributed by atoms with van der Waals surface area (Å²) >= 11 is 0. The fraction of sp³-hybridized carbons (Fsp3) is 0.600. The predicted octanol–water partition coefficient (Wildman–Crippen LogP) is 3.21. The highest BCUT2D eigenvalue weighted by Gasteiger charge is 2.55. The first-order valence-corrected chi connectivity index (χ1v) is 8.89. The third-order valence-corrected chi connectivity index (χ3v) is 5.03. The zero-order chi connectivity index (χ0) is 18.6. The van der Waals surface area contributed by atoms with Crippen LogP contribution in [-0.4, -0.2) is 29.4 Å². The highest BCUT2D eigenvalue weighted by Crippen LogP contribution is 2.49. The van der Waals surface area contributed by atoms with Gasteiger partial charge in [0.1, 0.15) is 11.4 Å². The second kappa shape index (κ2) is 5.48.